The second-order valence-electron chi connectivity index (χ2n) is 4.11. The predicted octanol–water partition coefficient (Wildman–Crippen LogP) is 2.03. The average molecular weight is 141 g/mol. The van der Waals surface area contributed by atoms with Crippen LogP contribution in [-0.2, 0) is 0 Å². The topological polar surface area (TPSA) is 12.0 Å². The summed E-state index contributed by atoms with van der Waals surface area (Å²) in [6.45, 7) is 9.45. The molecule has 1 unspecified atom stereocenters. The Hall–Kier alpha value is -0.0400. The van der Waals surface area contributed by atoms with Gasteiger partial charge in [-0.15, -0.1) is 0 Å². The van der Waals surface area contributed by atoms with E-state index in [4.69, 9.17) is 0 Å². The summed E-state index contributed by atoms with van der Waals surface area (Å²) in [7, 11) is 0. The van der Waals surface area contributed by atoms with Crippen molar-refractivity contribution in [3.05, 3.63) is 0 Å². The fourth-order valence-corrected chi connectivity index (χ4v) is 1.83. The van der Waals surface area contributed by atoms with Gasteiger partial charge in [0, 0.05) is 6.54 Å². The van der Waals surface area contributed by atoms with E-state index in [9.17, 15) is 0 Å². The van der Waals surface area contributed by atoms with Crippen LogP contribution in [0.2, 0.25) is 0 Å². The molecular weight excluding hydrogens is 122 g/mol. The van der Waals surface area contributed by atoms with Crippen molar-refractivity contribution in [2.45, 2.75) is 33.6 Å². The van der Waals surface area contributed by atoms with Gasteiger partial charge in [0.1, 0.15) is 0 Å². The van der Waals surface area contributed by atoms with Crippen LogP contribution in [0.25, 0.3) is 0 Å². The van der Waals surface area contributed by atoms with Gasteiger partial charge in [-0.1, -0.05) is 27.2 Å². The molecule has 0 aromatic heterocycles. The van der Waals surface area contributed by atoms with E-state index in [0.717, 1.165) is 5.92 Å². The molecule has 0 aliphatic carbocycles. The summed E-state index contributed by atoms with van der Waals surface area (Å²) in [5, 5.41) is 3.45. The second-order valence-corrected chi connectivity index (χ2v) is 4.11. The highest BCUT2D eigenvalue weighted by Gasteiger charge is 2.32. The van der Waals surface area contributed by atoms with E-state index >= 15 is 0 Å². The minimum absolute atomic E-state index is 0.552. The molecule has 10 heavy (non-hydrogen) atoms. The van der Waals surface area contributed by atoms with E-state index in [1.807, 2.05) is 0 Å². The zero-order chi connectivity index (χ0) is 7.61. The number of nitrogens with one attached hydrogen (secondary N) is 1. The van der Waals surface area contributed by atoms with E-state index in [2.05, 4.69) is 26.1 Å². The zero-order valence-corrected chi connectivity index (χ0v) is 7.41. The van der Waals surface area contributed by atoms with Crippen LogP contribution >= 0.6 is 0 Å². The second kappa shape index (κ2) is 2.91. The van der Waals surface area contributed by atoms with Crippen molar-refractivity contribution in [1.82, 2.24) is 5.32 Å². The Labute approximate surface area is 64.2 Å². The first kappa shape index (κ1) is 8.06. The lowest BCUT2D eigenvalue weighted by molar-refractivity contribution is 0.272. The molecule has 1 heterocycles. The quantitative estimate of drug-likeness (QED) is 0.620. The van der Waals surface area contributed by atoms with Gasteiger partial charge in [0.15, 0.2) is 0 Å². The molecule has 1 saturated heterocycles. The highest BCUT2D eigenvalue weighted by Crippen LogP contribution is 2.32. The SMILES string of the molecule is CCCC1CNCC1(C)C. The van der Waals surface area contributed by atoms with Crippen molar-refractivity contribution in [2.75, 3.05) is 13.1 Å². The Bertz CT molecular complexity index is 107. The molecule has 0 spiro atoms. The van der Waals surface area contributed by atoms with Crippen LogP contribution in [0.1, 0.15) is 33.6 Å². The lowest BCUT2D eigenvalue weighted by atomic mass is 9.80. The lowest BCUT2D eigenvalue weighted by Crippen LogP contribution is -2.21. The molecule has 1 atom stereocenters. The van der Waals surface area contributed by atoms with Gasteiger partial charge >= 0.3 is 0 Å². The van der Waals surface area contributed by atoms with Crippen molar-refractivity contribution >= 4 is 0 Å². The number of hydrogen-bond donors (Lipinski definition) is 1. The first-order valence-corrected chi connectivity index (χ1v) is 4.37. The monoisotopic (exact) mass is 141 g/mol. The fourth-order valence-electron chi connectivity index (χ4n) is 1.83. The van der Waals surface area contributed by atoms with E-state index in [0.29, 0.717) is 5.41 Å². The smallest absolute Gasteiger partial charge is 0.000577 e. The van der Waals surface area contributed by atoms with E-state index in [1.165, 1.54) is 25.9 Å². The summed E-state index contributed by atoms with van der Waals surface area (Å²) in [5.74, 6) is 0.914. The van der Waals surface area contributed by atoms with Crippen molar-refractivity contribution in [3.63, 3.8) is 0 Å². The molecule has 0 aromatic carbocycles. The van der Waals surface area contributed by atoms with Crippen LogP contribution in [0, 0.1) is 11.3 Å². The summed E-state index contributed by atoms with van der Waals surface area (Å²) < 4.78 is 0. The minimum Gasteiger partial charge on any atom is -0.316 e. The van der Waals surface area contributed by atoms with E-state index in [1.54, 1.807) is 0 Å². The van der Waals surface area contributed by atoms with Gasteiger partial charge in [0.25, 0.3) is 0 Å². The van der Waals surface area contributed by atoms with Gasteiger partial charge in [0.2, 0.25) is 0 Å². The molecule has 1 aliphatic rings. The van der Waals surface area contributed by atoms with E-state index in [-0.39, 0.29) is 0 Å². The highest BCUT2D eigenvalue weighted by atomic mass is 14.9. The molecule has 0 aromatic rings. The molecule has 1 heteroatoms. The molecule has 0 amide bonds. The van der Waals surface area contributed by atoms with Gasteiger partial charge in [-0.05, 0) is 24.3 Å². The molecule has 1 nitrogen and oxygen atoms in total. The Kier molecular flexibility index (Phi) is 2.35. The lowest BCUT2D eigenvalue weighted by Gasteiger charge is -2.24. The number of hydrogen-bond acceptors (Lipinski definition) is 1. The van der Waals surface area contributed by atoms with Crippen LogP contribution in [0.15, 0.2) is 0 Å². The Morgan fingerprint density at radius 3 is 2.60 bits per heavy atom. The third kappa shape index (κ3) is 1.51. The molecule has 0 saturated carbocycles. The molecule has 1 rings (SSSR count). The van der Waals surface area contributed by atoms with E-state index < -0.39 is 0 Å². The fraction of sp³-hybridized carbons (Fsp3) is 1.00. The first-order chi connectivity index (χ1) is 4.67. The van der Waals surface area contributed by atoms with Crippen LogP contribution in [-0.4, -0.2) is 13.1 Å². The Morgan fingerprint density at radius 2 is 2.20 bits per heavy atom. The maximum Gasteiger partial charge on any atom is 0.000577 e. The van der Waals surface area contributed by atoms with Crippen LogP contribution in [0.5, 0.6) is 0 Å². The Balaban J connectivity index is 2.43. The van der Waals surface area contributed by atoms with Crippen molar-refractivity contribution in [3.8, 4) is 0 Å². The number of rotatable bonds is 2. The van der Waals surface area contributed by atoms with Gasteiger partial charge < -0.3 is 5.32 Å². The molecule has 1 aliphatic heterocycles. The van der Waals surface area contributed by atoms with Gasteiger partial charge in [-0.2, -0.15) is 0 Å². The predicted molar refractivity (Wildman–Crippen MR) is 45.0 cm³/mol. The zero-order valence-electron chi connectivity index (χ0n) is 7.41. The maximum atomic E-state index is 3.45. The molecule has 1 N–H and O–H groups in total. The molecule has 1 fully saturated rings. The molecular formula is C9H19N. The van der Waals surface area contributed by atoms with Crippen LogP contribution < -0.4 is 5.32 Å². The van der Waals surface area contributed by atoms with Crippen molar-refractivity contribution < 1.29 is 0 Å². The third-order valence-electron chi connectivity index (χ3n) is 2.71. The molecule has 60 valence electrons. The largest absolute Gasteiger partial charge is 0.316 e. The van der Waals surface area contributed by atoms with Gasteiger partial charge in [-0.25, -0.2) is 0 Å². The maximum absolute atomic E-state index is 3.45. The molecule has 0 radical (unpaired) electrons. The summed E-state index contributed by atoms with van der Waals surface area (Å²) in [4.78, 5) is 0. The van der Waals surface area contributed by atoms with Gasteiger partial charge in [0.05, 0.1) is 0 Å². The van der Waals surface area contributed by atoms with Crippen LogP contribution in [0.3, 0.4) is 0 Å². The minimum atomic E-state index is 0.552. The van der Waals surface area contributed by atoms with Crippen molar-refractivity contribution in [2.24, 2.45) is 11.3 Å². The summed E-state index contributed by atoms with van der Waals surface area (Å²) in [6.07, 6.45) is 2.72. The summed E-state index contributed by atoms with van der Waals surface area (Å²) >= 11 is 0. The van der Waals surface area contributed by atoms with Crippen LogP contribution in [0.4, 0.5) is 0 Å². The molecule has 0 bridgehead atoms. The average Bonchev–Trinajstić information content (AvgIpc) is 2.13. The first-order valence-electron chi connectivity index (χ1n) is 4.37. The Morgan fingerprint density at radius 1 is 1.50 bits per heavy atom. The normalized spacial score (nSPS) is 30.9. The standard InChI is InChI=1S/C9H19N/c1-4-5-8-6-10-7-9(8,2)3/h8,10H,4-7H2,1-3H3. The summed E-state index contributed by atoms with van der Waals surface area (Å²) in [6, 6.07) is 0. The third-order valence-corrected chi connectivity index (χ3v) is 2.71. The highest BCUT2D eigenvalue weighted by molar-refractivity contribution is 4.87. The van der Waals surface area contributed by atoms with Gasteiger partial charge in [-0.3, -0.25) is 0 Å². The summed E-state index contributed by atoms with van der Waals surface area (Å²) in [5.41, 5.74) is 0.552. The van der Waals surface area contributed by atoms with Crippen molar-refractivity contribution in [1.29, 1.82) is 0 Å².